The summed E-state index contributed by atoms with van der Waals surface area (Å²) in [4.78, 5) is 17.6. The second kappa shape index (κ2) is 7.22. The molecule has 6 heteroatoms. The van der Waals surface area contributed by atoms with Crippen LogP contribution < -0.4 is 10.6 Å². The van der Waals surface area contributed by atoms with Gasteiger partial charge in [0, 0.05) is 28.4 Å². The van der Waals surface area contributed by atoms with Crippen LogP contribution in [-0.2, 0) is 11.2 Å². The number of benzene rings is 1. The van der Waals surface area contributed by atoms with Crippen molar-refractivity contribution in [1.29, 1.82) is 0 Å². The molecule has 4 nitrogen and oxygen atoms in total. The lowest BCUT2D eigenvalue weighted by Crippen LogP contribution is -2.34. The van der Waals surface area contributed by atoms with Crippen LogP contribution in [0.1, 0.15) is 23.3 Å². The Morgan fingerprint density at radius 3 is 3.00 bits per heavy atom. The standard InChI is InChI=1S/C16H18ClN3OS/c17-13-3-1-2-11(8-13)9-14-10-19-16(22-14)20-15(21)12-4-6-18-7-5-12/h1-3,8,10,12,18H,4-7,9H2,(H,19,20,21). The summed E-state index contributed by atoms with van der Waals surface area (Å²) in [5, 5.41) is 7.63. The Morgan fingerprint density at radius 1 is 1.41 bits per heavy atom. The average Bonchev–Trinajstić information content (AvgIpc) is 2.95. The van der Waals surface area contributed by atoms with Crippen molar-refractivity contribution in [3.8, 4) is 0 Å². The van der Waals surface area contributed by atoms with E-state index in [1.54, 1.807) is 0 Å². The van der Waals surface area contributed by atoms with Gasteiger partial charge in [-0.15, -0.1) is 11.3 Å². The zero-order chi connectivity index (χ0) is 15.4. The third-order valence-corrected chi connectivity index (χ3v) is 4.91. The summed E-state index contributed by atoms with van der Waals surface area (Å²) in [7, 11) is 0. The molecule has 2 heterocycles. The summed E-state index contributed by atoms with van der Waals surface area (Å²) >= 11 is 7.52. The van der Waals surface area contributed by atoms with E-state index in [-0.39, 0.29) is 11.8 Å². The Morgan fingerprint density at radius 2 is 2.23 bits per heavy atom. The molecule has 1 aliphatic rings. The van der Waals surface area contributed by atoms with Crippen LogP contribution in [0.15, 0.2) is 30.5 Å². The van der Waals surface area contributed by atoms with Crippen molar-refractivity contribution < 1.29 is 4.79 Å². The van der Waals surface area contributed by atoms with Crippen molar-refractivity contribution in [3.05, 3.63) is 45.9 Å². The predicted octanol–water partition coefficient (Wildman–Crippen LogP) is 3.33. The molecular formula is C16H18ClN3OS. The number of piperidine rings is 1. The van der Waals surface area contributed by atoms with Gasteiger partial charge >= 0.3 is 0 Å². The van der Waals surface area contributed by atoms with Crippen molar-refractivity contribution in [3.63, 3.8) is 0 Å². The first-order valence-electron chi connectivity index (χ1n) is 7.41. The van der Waals surface area contributed by atoms with Gasteiger partial charge in [-0.25, -0.2) is 4.98 Å². The van der Waals surface area contributed by atoms with Gasteiger partial charge in [0.2, 0.25) is 5.91 Å². The molecule has 2 N–H and O–H groups in total. The minimum atomic E-state index is 0.0881. The number of halogens is 1. The largest absolute Gasteiger partial charge is 0.317 e. The molecule has 1 aliphatic heterocycles. The molecule has 0 atom stereocenters. The molecule has 116 valence electrons. The van der Waals surface area contributed by atoms with Crippen molar-refractivity contribution in [2.45, 2.75) is 19.3 Å². The van der Waals surface area contributed by atoms with Crippen molar-refractivity contribution in [1.82, 2.24) is 10.3 Å². The molecule has 0 aliphatic carbocycles. The highest BCUT2D eigenvalue weighted by atomic mass is 35.5. The predicted molar refractivity (Wildman–Crippen MR) is 90.6 cm³/mol. The number of nitrogens with one attached hydrogen (secondary N) is 2. The maximum Gasteiger partial charge on any atom is 0.229 e. The quantitative estimate of drug-likeness (QED) is 0.901. The van der Waals surface area contributed by atoms with Gasteiger partial charge in [-0.3, -0.25) is 4.79 Å². The lowest BCUT2D eigenvalue weighted by Gasteiger charge is -2.20. The number of carbonyl (C=O) groups excluding carboxylic acids is 1. The number of thiazole rings is 1. The third kappa shape index (κ3) is 4.06. The van der Waals surface area contributed by atoms with E-state index in [0.29, 0.717) is 5.13 Å². The number of aromatic nitrogens is 1. The summed E-state index contributed by atoms with van der Waals surface area (Å²) in [6, 6.07) is 7.80. The first kappa shape index (κ1) is 15.5. The Hall–Kier alpha value is -1.43. The highest BCUT2D eigenvalue weighted by molar-refractivity contribution is 7.15. The lowest BCUT2D eigenvalue weighted by atomic mass is 9.97. The Kier molecular flexibility index (Phi) is 5.08. The molecule has 1 saturated heterocycles. The van der Waals surface area contributed by atoms with E-state index in [1.807, 2.05) is 30.5 Å². The molecule has 1 aromatic heterocycles. The maximum absolute atomic E-state index is 12.2. The number of nitrogens with zero attached hydrogens (tertiary/aromatic N) is 1. The second-order valence-corrected chi connectivity index (χ2v) is 7.00. The number of hydrogen-bond donors (Lipinski definition) is 2. The molecule has 2 aromatic rings. The van der Waals surface area contributed by atoms with Crippen LogP contribution >= 0.6 is 22.9 Å². The van der Waals surface area contributed by atoms with E-state index in [9.17, 15) is 4.79 Å². The minimum Gasteiger partial charge on any atom is -0.317 e. The van der Waals surface area contributed by atoms with E-state index >= 15 is 0 Å². The number of hydrogen-bond acceptors (Lipinski definition) is 4. The van der Waals surface area contributed by atoms with Crippen LogP contribution in [0, 0.1) is 5.92 Å². The zero-order valence-electron chi connectivity index (χ0n) is 12.1. The topological polar surface area (TPSA) is 54.0 Å². The number of amides is 1. The van der Waals surface area contributed by atoms with Crippen LogP contribution in [0.3, 0.4) is 0 Å². The SMILES string of the molecule is O=C(Nc1ncc(Cc2cccc(Cl)c2)s1)C1CCNCC1. The van der Waals surface area contributed by atoms with E-state index in [2.05, 4.69) is 15.6 Å². The molecular weight excluding hydrogens is 318 g/mol. The molecule has 1 aromatic carbocycles. The zero-order valence-corrected chi connectivity index (χ0v) is 13.7. The van der Waals surface area contributed by atoms with Gasteiger partial charge in [-0.2, -0.15) is 0 Å². The monoisotopic (exact) mass is 335 g/mol. The smallest absolute Gasteiger partial charge is 0.229 e. The third-order valence-electron chi connectivity index (χ3n) is 3.76. The summed E-state index contributed by atoms with van der Waals surface area (Å²) in [5.74, 6) is 0.187. The lowest BCUT2D eigenvalue weighted by molar-refractivity contribution is -0.120. The van der Waals surface area contributed by atoms with Crippen molar-refractivity contribution in [2.75, 3.05) is 18.4 Å². The summed E-state index contributed by atoms with van der Waals surface area (Å²) < 4.78 is 0. The normalized spacial score (nSPS) is 15.7. The molecule has 0 bridgehead atoms. The highest BCUT2D eigenvalue weighted by Gasteiger charge is 2.21. The molecule has 0 unspecified atom stereocenters. The fraction of sp³-hybridized carbons (Fsp3) is 0.375. The molecule has 1 fully saturated rings. The number of carbonyl (C=O) groups is 1. The van der Waals surface area contributed by atoms with E-state index in [4.69, 9.17) is 11.6 Å². The van der Waals surface area contributed by atoms with Crippen LogP contribution in [-0.4, -0.2) is 24.0 Å². The first-order valence-corrected chi connectivity index (χ1v) is 8.61. The number of anilines is 1. The van der Waals surface area contributed by atoms with Gasteiger partial charge in [0.05, 0.1) is 0 Å². The second-order valence-electron chi connectivity index (χ2n) is 5.45. The Balaban J connectivity index is 1.60. The summed E-state index contributed by atoms with van der Waals surface area (Å²) in [5.41, 5.74) is 1.15. The van der Waals surface area contributed by atoms with Gasteiger partial charge < -0.3 is 10.6 Å². The Bertz CT molecular complexity index is 652. The van der Waals surface area contributed by atoms with Crippen LogP contribution in [0.4, 0.5) is 5.13 Å². The van der Waals surface area contributed by atoms with Gasteiger partial charge in [0.15, 0.2) is 5.13 Å². The van der Waals surface area contributed by atoms with Gasteiger partial charge in [-0.05, 0) is 43.6 Å². The van der Waals surface area contributed by atoms with Gasteiger partial charge in [0.25, 0.3) is 0 Å². The van der Waals surface area contributed by atoms with E-state index in [0.717, 1.165) is 47.8 Å². The van der Waals surface area contributed by atoms with Crippen molar-refractivity contribution in [2.24, 2.45) is 5.92 Å². The van der Waals surface area contributed by atoms with Gasteiger partial charge in [-0.1, -0.05) is 23.7 Å². The molecule has 22 heavy (non-hydrogen) atoms. The highest BCUT2D eigenvalue weighted by Crippen LogP contribution is 2.23. The fourth-order valence-electron chi connectivity index (χ4n) is 2.59. The maximum atomic E-state index is 12.2. The molecule has 3 rings (SSSR count). The van der Waals surface area contributed by atoms with Crippen LogP contribution in [0.25, 0.3) is 0 Å². The average molecular weight is 336 g/mol. The molecule has 0 radical (unpaired) electrons. The van der Waals surface area contributed by atoms with Crippen LogP contribution in [0.5, 0.6) is 0 Å². The van der Waals surface area contributed by atoms with Crippen molar-refractivity contribution >= 4 is 34.0 Å². The van der Waals surface area contributed by atoms with Crippen LogP contribution in [0.2, 0.25) is 5.02 Å². The van der Waals surface area contributed by atoms with E-state index < -0.39 is 0 Å². The molecule has 1 amide bonds. The minimum absolute atomic E-state index is 0.0881. The number of rotatable bonds is 4. The molecule has 0 spiro atoms. The summed E-state index contributed by atoms with van der Waals surface area (Å²) in [6.45, 7) is 1.83. The Labute approximate surface area is 138 Å². The fourth-order valence-corrected chi connectivity index (χ4v) is 3.65. The summed E-state index contributed by atoms with van der Waals surface area (Å²) in [6.07, 6.45) is 4.39. The molecule has 0 saturated carbocycles. The van der Waals surface area contributed by atoms with Gasteiger partial charge in [0.1, 0.15) is 0 Å². The van der Waals surface area contributed by atoms with E-state index in [1.165, 1.54) is 11.3 Å². The first-order chi connectivity index (χ1) is 10.7.